The van der Waals surface area contributed by atoms with Gasteiger partial charge in [0.25, 0.3) is 5.91 Å². The molecule has 1 amide bonds. The van der Waals surface area contributed by atoms with Gasteiger partial charge in [0.15, 0.2) is 0 Å². The van der Waals surface area contributed by atoms with Crippen LogP contribution in [0.25, 0.3) is 10.9 Å². The molecule has 4 rings (SSSR count). The number of hydrogen-bond acceptors (Lipinski definition) is 3. The van der Waals surface area contributed by atoms with E-state index in [4.69, 9.17) is 0 Å². The molecule has 4 nitrogen and oxygen atoms in total. The molecule has 2 heterocycles. The van der Waals surface area contributed by atoms with Gasteiger partial charge in [-0.05, 0) is 48.6 Å². The number of benzene rings is 2. The van der Waals surface area contributed by atoms with E-state index in [-0.39, 0.29) is 11.9 Å². The summed E-state index contributed by atoms with van der Waals surface area (Å²) < 4.78 is 0. The topological polar surface area (TPSA) is 45.2 Å². The summed E-state index contributed by atoms with van der Waals surface area (Å²) in [5, 5.41) is 4.61. The van der Waals surface area contributed by atoms with E-state index in [2.05, 4.69) is 48.4 Å². The lowest BCUT2D eigenvalue weighted by Crippen LogP contribution is -2.45. The normalized spacial score (nSPS) is 17.1. The van der Waals surface area contributed by atoms with Crippen molar-refractivity contribution in [3.05, 3.63) is 71.9 Å². The van der Waals surface area contributed by atoms with E-state index in [0.29, 0.717) is 11.5 Å². The first-order valence-corrected chi connectivity index (χ1v) is 10.1. The Kier molecular flexibility index (Phi) is 5.29. The van der Waals surface area contributed by atoms with E-state index in [0.717, 1.165) is 42.5 Å². The third kappa shape index (κ3) is 4.01. The van der Waals surface area contributed by atoms with Crippen LogP contribution in [0.5, 0.6) is 0 Å². The molecule has 0 radical (unpaired) electrons. The standard InChI is InChI=1S/C24H27N3O/c1-17(2)18-9-11-21(12-10-18)26-22-7-5-13-27(16-22)24(28)20-14-19-6-3-4-8-23(19)25-15-20/h3-4,6,8-12,14-15,17,22,26H,5,7,13,16H2,1-2H3/t22-/m0/s1. The van der Waals surface area contributed by atoms with Crippen LogP contribution in [0.4, 0.5) is 5.69 Å². The molecule has 4 heteroatoms. The zero-order chi connectivity index (χ0) is 19.5. The van der Waals surface area contributed by atoms with Crippen LogP contribution >= 0.6 is 0 Å². The van der Waals surface area contributed by atoms with Crippen molar-refractivity contribution in [1.29, 1.82) is 0 Å². The second kappa shape index (κ2) is 8.01. The summed E-state index contributed by atoms with van der Waals surface area (Å²) in [6.45, 7) is 5.93. The predicted octanol–water partition coefficient (Wildman–Crippen LogP) is 5.07. The molecule has 0 bridgehead atoms. The molecule has 0 saturated carbocycles. The predicted molar refractivity (Wildman–Crippen MR) is 115 cm³/mol. The molecule has 0 aliphatic carbocycles. The third-order valence-corrected chi connectivity index (χ3v) is 5.49. The molecular weight excluding hydrogens is 346 g/mol. The number of hydrogen-bond donors (Lipinski definition) is 1. The Labute approximate surface area is 166 Å². The van der Waals surface area contributed by atoms with Crippen molar-refractivity contribution in [2.24, 2.45) is 0 Å². The summed E-state index contributed by atoms with van der Waals surface area (Å²) in [7, 11) is 0. The number of likely N-dealkylation sites (tertiary alicyclic amines) is 1. The zero-order valence-corrected chi connectivity index (χ0v) is 16.6. The number of amides is 1. The minimum Gasteiger partial charge on any atom is -0.381 e. The van der Waals surface area contributed by atoms with Crippen molar-refractivity contribution in [2.75, 3.05) is 18.4 Å². The first-order valence-electron chi connectivity index (χ1n) is 10.1. The number of carbonyl (C=O) groups is 1. The maximum Gasteiger partial charge on any atom is 0.255 e. The van der Waals surface area contributed by atoms with E-state index < -0.39 is 0 Å². The first kappa shape index (κ1) is 18.5. The van der Waals surface area contributed by atoms with Crippen molar-refractivity contribution in [1.82, 2.24) is 9.88 Å². The molecule has 1 N–H and O–H groups in total. The van der Waals surface area contributed by atoms with Crippen LogP contribution in [-0.4, -0.2) is 34.9 Å². The molecule has 2 aromatic carbocycles. The van der Waals surface area contributed by atoms with Crippen LogP contribution in [0.3, 0.4) is 0 Å². The second-order valence-electron chi connectivity index (χ2n) is 7.93. The highest BCUT2D eigenvalue weighted by Crippen LogP contribution is 2.21. The zero-order valence-electron chi connectivity index (χ0n) is 16.6. The first-order chi connectivity index (χ1) is 13.6. The molecular formula is C24H27N3O. The maximum atomic E-state index is 13.0. The molecule has 1 fully saturated rings. The van der Waals surface area contributed by atoms with Crippen molar-refractivity contribution in [2.45, 2.75) is 38.6 Å². The largest absolute Gasteiger partial charge is 0.381 e. The molecule has 0 spiro atoms. The Morgan fingerprint density at radius 1 is 1.14 bits per heavy atom. The SMILES string of the molecule is CC(C)c1ccc(N[C@H]2CCCN(C(=O)c3cnc4ccccc4c3)C2)cc1. The lowest BCUT2D eigenvalue weighted by Gasteiger charge is -2.33. The summed E-state index contributed by atoms with van der Waals surface area (Å²) >= 11 is 0. The fourth-order valence-electron chi connectivity index (χ4n) is 3.85. The Bertz CT molecular complexity index is 965. The number of nitrogens with one attached hydrogen (secondary N) is 1. The van der Waals surface area contributed by atoms with Crippen LogP contribution in [0.15, 0.2) is 60.8 Å². The average molecular weight is 374 g/mol. The minimum absolute atomic E-state index is 0.0694. The molecule has 1 atom stereocenters. The highest BCUT2D eigenvalue weighted by Gasteiger charge is 2.24. The number of fused-ring (bicyclic) bond motifs is 1. The highest BCUT2D eigenvalue weighted by molar-refractivity contribution is 5.97. The molecule has 0 unspecified atom stereocenters. The van der Waals surface area contributed by atoms with E-state index in [9.17, 15) is 4.79 Å². The Morgan fingerprint density at radius 2 is 1.93 bits per heavy atom. The summed E-state index contributed by atoms with van der Waals surface area (Å²) in [4.78, 5) is 19.4. The van der Waals surface area contributed by atoms with E-state index in [1.54, 1.807) is 6.20 Å². The average Bonchev–Trinajstić information content (AvgIpc) is 2.73. The molecule has 1 aliphatic rings. The van der Waals surface area contributed by atoms with Gasteiger partial charge in [0.1, 0.15) is 0 Å². The highest BCUT2D eigenvalue weighted by atomic mass is 16.2. The van der Waals surface area contributed by atoms with Crippen LogP contribution in [0.1, 0.15) is 48.5 Å². The van der Waals surface area contributed by atoms with Crippen LogP contribution < -0.4 is 5.32 Å². The van der Waals surface area contributed by atoms with Crippen molar-refractivity contribution in [3.8, 4) is 0 Å². The fraction of sp³-hybridized carbons (Fsp3) is 0.333. The van der Waals surface area contributed by atoms with Gasteiger partial charge >= 0.3 is 0 Å². The Morgan fingerprint density at radius 3 is 2.71 bits per heavy atom. The van der Waals surface area contributed by atoms with Crippen LogP contribution in [0, 0.1) is 0 Å². The van der Waals surface area contributed by atoms with E-state index in [1.807, 2.05) is 35.2 Å². The number of rotatable bonds is 4. The van der Waals surface area contributed by atoms with Crippen molar-refractivity contribution >= 4 is 22.5 Å². The minimum atomic E-state index is 0.0694. The smallest absolute Gasteiger partial charge is 0.255 e. The van der Waals surface area contributed by atoms with Crippen LogP contribution in [-0.2, 0) is 0 Å². The number of anilines is 1. The maximum absolute atomic E-state index is 13.0. The Hall–Kier alpha value is -2.88. The third-order valence-electron chi connectivity index (χ3n) is 5.49. The summed E-state index contributed by atoms with van der Waals surface area (Å²) in [5.41, 5.74) is 4.05. The second-order valence-corrected chi connectivity index (χ2v) is 7.93. The fourth-order valence-corrected chi connectivity index (χ4v) is 3.85. The summed E-state index contributed by atoms with van der Waals surface area (Å²) in [6.07, 6.45) is 3.78. The van der Waals surface area contributed by atoms with Gasteiger partial charge in [-0.15, -0.1) is 0 Å². The monoisotopic (exact) mass is 373 g/mol. The molecule has 1 saturated heterocycles. The van der Waals surface area contributed by atoms with Gasteiger partial charge in [-0.3, -0.25) is 9.78 Å². The number of piperidine rings is 1. The van der Waals surface area contributed by atoms with Gasteiger partial charge in [0.2, 0.25) is 0 Å². The molecule has 1 aromatic heterocycles. The Balaban J connectivity index is 1.44. The van der Waals surface area contributed by atoms with Crippen LogP contribution in [0.2, 0.25) is 0 Å². The number of aromatic nitrogens is 1. The molecule has 28 heavy (non-hydrogen) atoms. The van der Waals surface area contributed by atoms with Crippen molar-refractivity contribution < 1.29 is 4.79 Å². The summed E-state index contributed by atoms with van der Waals surface area (Å²) in [5.74, 6) is 0.604. The van der Waals surface area contributed by atoms with Gasteiger partial charge < -0.3 is 10.2 Å². The number of para-hydroxylation sites is 1. The van der Waals surface area contributed by atoms with Gasteiger partial charge in [0.05, 0.1) is 11.1 Å². The molecule has 1 aliphatic heterocycles. The molecule has 3 aromatic rings. The van der Waals surface area contributed by atoms with Gasteiger partial charge in [-0.1, -0.05) is 44.2 Å². The molecule has 144 valence electrons. The lowest BCUT2D eigenvalue weighted by molar-refractivity contribution is 0.0714. The quantitative estimate of drug-likeness (QED) is 0.694. The van der Waals surface area contributed by atoms with E-state index >= 15 is 0 Å². The summed E-state index contributed by atoms with van der Waals surface area (Å²) in [6, 6.07) is 18.8. The number of carbonyl (C=O) groups excluding carboxylic acids is 1. The van der Waals surface area contributed by atoms with Gasteiger partial charge in [0, 0.05) is 36.4 Å². The number of nitrogens with zero attached hydrogens (tertiary/aromatic N) is 2. The van der Waals surface area contributed by atoms with Gasteiger partial charge in [-0.2, -0.15) is 0 Å². The lowest BCUT2D eigenvalue weighted by atomic mass is 10.0. The van der Waals surface area contributed by atoms with E-state index in [1.165, 1.54) is 5.56 Å². The number of pyridine rings is 1. The van der Waals surface area contributed by atoms with Gasteiger partial charge in [-0.25, -0.2) is 0 Å². The van der Waals surface area contributed by atoms with Crippen molar-refractivity contribution in [3.63, 3.8) is 0 Å².